The van der Waals surface area contributed by atoms with Gasteiger partial charge in [0, 0.05) is 0 Å². The van der Waals surface area contributed by atoms with Gasteiger partial charge in [0.05, 0.1) is 5.56 Å². The van der Waals surface area contributed by atoms with Crippen LogP contribution < -0.4 is 0 Å². The van der Waals surface area contributed by atoms with Crippen molar-refractivity contribution in [2.45, 2.75) is 84.0 Å². The largest absolute Gasteiger partial charge is 0.507 e. The quantitative estimate of drug-likeness (QED) is 0.236. The molecule has 0 bridgehead atoms. The van der Waals surface area contributed by atoms with Crippen molar-refractivity contribution in [3.05, 3.63) is 41.5 Å². The van der Waals surface area contributed by atoms with Gasteiger partial charge in [0.1, 0.15) is 5.75 Å². The first kappa shape index (κ1) is 20.5. The number of carbonyl (C=O) groups is 1. The van der Waals surface area contributed by atoms with E-state index in [4.69, 9.17) is 0 Å². The molecular formula is C22H34O2. The number of benzene rings is 1. The van der Waals surface area contributed by atoms with Crippen LogP contribution in [0.25, 0.3) is 0 Å². The minimum absolute atomic E-state index is 0.101. The molecular weight excluding hydrogens is 296 g/mol. The van der Waals surface area contributed by atoms with Crippen LogP contribution in [-0.2, 0) is 6.42 Å². The first-order valence-electron chi connectivity index (χ1n) is 9.70. The number of aryl methyl sites for hydroxylation is 1. The number of carbonyl (C=O) groups excluding carboxylic acids is 1. The molecule has 24 heavy (non-hydrogen) atoms. The van der Waals surface area contributed by atoms with Gasteiger partial charge in [-0.2, -0.15) is 0 Å². The number of rotatable bonds is 14. The molecule has 0 radical (unpaired) electrons. The van der Waals surface area contributed by atoms with Crippen molar-refractivity contribution in [1.82, 2.24) is 0 Å². The lowest BCUT2D eigenvalue weighted by Gasteiger charge is -2.06. The summed E-state index contributed by atoms with van der Waals surface area (Å²) in [6.45, 7) is 2.25. The topological polar surface area (TPSA) is 37.3 Å². The number of hydrogen-bond donors (Lipinski definition) is 1. The average molecular weight is 331 g/mol. The SMILES string of the molecule is CCCCCC/C=C\CCCCCCCc1cccc(O)c1C=O. The Morgan fingerprint density at radius 3 is 2.17 bits per heavy atom. The van der Waals surface area contributed by atoms with E-state index in [0.717, 1.165) is 24.7 Å². The van der Waals surface area contributed by atoms with Crippen molar-refractivity contribution in [1.29, 1.82) is 0 Å². The van der Waals surface area contributed by atoms with Crippen molar-refractivity contribution in [3.8, 4) is 5.75 Å². The highest BCUT2D eigenvalue weighted by Crippen LogP contribution is 2.21. The molecule has 1 aromatic carbocycles. The molecule has 0 aliphatic rings. The van der Waals surface area contributed by atoms with E-state index >= 15 is 0 Å². The molecule has 0 saturated carbocycles. The first-order chi connectivity index (χ1) is 11.8. The normalized spacial score (nSPS) is 11.2. The lowest BCUT2D eigenvalue weighted by molar-refractivity contribution is 0.112. The molecule has 0 fully saturated rings. The summed E-state index contributed by atoms with van der Waals surface area (Å²) in [6, 6.07) is 5.32. The van der Waals surface area contributed by atoms with Crippen LogP contribution in [0.1, 0.15) is 93.5 Å². The molecule has 2 nitrogen and oxygen atoms in total. The minimum atomic E-state index is 0.101. The molecule has 0 unspecified atom stereocenters. The van der Waals surface area contributed by atoms with Gasteiger partial charge in [-0.1, -0.05) is 69.7 Å². The Morgan fingerprint density at radius 2 is 1.50 bits per heavy atom. The van der Waals surface area contributed by atoms with Gasteiger partial charge in [-0.3, -0.25) is 4.79 Å². The highest BCUT2D eigenvalue weighted by Gasteiger charge is 2.05. The number of phenolic OH excluding ortho intramolecular Hbond substituents is 1. The molecule has 1 N–H and O–H groups in total. The first-order valence-corrected chi connectivity index (χ1v) is 9.70. The molecule has 0 atom stereocenters. The van der Waals surface area contributed by atoms with Crippen molar-refractivity contribution >= 4 is 6.29 Å². The standard InChI is InChI=1S/C22H34O2/c1-2-3-4-5-6-7-8-9-10-11-12-13-14-16-20-17-15-18-22(24)21(20)19-23/h7-8,15,17-19,24H,2-6,9-14,16H2,1H3/b8-7-. The van der Waals surface area contributed by atoms with Crippen LogP contribution >= 0.6 is 0 Å². The summed E-state index contributed by atoms with van der Waals surface area (Å²) in [5.41, 5.74) is 1.43. The Morgan fingerprint density at radius 1 is 0.875 bits per heavy atom. The molecule has 2 heteroatoms. The van der Waals surface area contributed by atoms with Crippen LogP contribution in [0.4, 0.5) is 0 Å². The zero-order valence-corrected chi connectivity index (χ0v) is 15.3. The van der Waals surface area contributed by atoms with Gasteiger partial charge in [-0.05, 0) is 50.2 Å². The molecule has 0 amide bonds. The van der Waals surface area contributed by atoms with Crippen LogP contribution in [0, 0.1) is 0 Å². The maximum Gasteiger partial charge on any atom is 0.154 e. The molecule has 0 spiro atoms. The lowest BCUT2D eigenvalue weighted by atomic mass is 10.0. The fraction of sp³-hybridized carbons (Fsp3) is 0.591. The Balaban J connectivity index is 2.00. The van der Waals surface area contributed by atoms with E-state index in [0.29, 0.717) is 5.56 Å². The molecule has 1 aromatic rings. The molecule has 0 aliphatic carbocycles. The van der Waals surface area contributed by atoms with Gasteiger partial charge < -0.3 is 5.11 Å². The van der Waals surface area contributed by atoms with E-state index in [9.17, 15) is 9.90 Å². The van der Waals surface area contributed by atoms with Crippen LogP contribution in [0.2, 0.25) is 0 Å². The number of aldehydes is 1. The highest BCUT2D eigenvalue weighted by atomic mass is 16.3. The molecule has 0 heterocycles. The van der Waals surface area contributed by atoms with Crippen molar-refractivity contribution in [2.24, 2.45) is 0 Å². The summed E-state index contributed by atoms with van der Waals surface area (Å²) in [7, 11) is 0. The van der Waals surface area contributed by atoms with E-state index < -0.39 is 0 Å². The second-order valence-electron chi connectivity index (χ2n) is 6.59. The third kappa shape index (κ3) is 8.90. The second-order valence-corrected chi connectivity index (χ2v) is 6.59. The second kappa shape index (κ2) is 13.8. The van der Waals surface area contributed by atoms with Crippen molar-refractivity contribution in [3.63, 3.8) is 0 Å². The molecule has 134 valence electrons. The van der Waals surface area contributed by atoms with Gasteiger partial charge >= 0.3 is 0 Å². The average Bonchev–Trinajstić information content (AvgIpc) is 2.59. The minimum Gasteiger partial charge on any atom is -0.507 e. The summed E-state index contributed by atoms with van der Waals surface area (Å²) in [5.74, 6) is 0.101. The molecule has 0 saturated heterocycles. The fourth-order valence-electron chi connectivity index (χ4n) is 2.99. The van der Waals surface area contributed by atoms with Gasteiger partial charge in [-0.15, -0.1) is 0 Å². The summed E-state index contributed by atoms with van der Waals surface area (Å²) in [6.07, 6.45) is 20.2. The van der Waals surface area contributed by atoms with Crippen LogP contribution in [0.15, 0.2) is 30.4 Å². The predicted molar refractivity (Wildman–Crippen MR) is 103 cm³/mol. The molecule has 1 rings (SSSR count). The third-order valence-electron chi connectivity index (χ3n) is 4.50. The lowest BCUT2D eigenvalue weighted by Crippen LogP contribution is -1.93. The predicted octanol–water partition coefficient (Wildman–Crippen LogP) is 6.61. The Hall–Kier alpha value is -1.57. The zero-order valence-electron chi connectivity index (χ0n) is 15.3. The van der Waals surface area contributed by atoms with Gasteiger partial charge in [0.15, 0.2) is 6.29 Å². The zero-order chi connectivity index (χ0) is 17.5. The third-order valence-corrected chi connectivity index (χ3v) is 4.50. The Bertz CT molecular complexity index is 477. The van der Waals surface area contributed by atoms with Gasteiger partial charge in [-0.25, -0.2) is 0 Å². The molecule has 0 aromatic heterocycles. The van der Waals surface area contributed by atoms with E-state index in [1.54, 1.807) is 6.07 Å². The number of allylic oxidation sites excluding steroid dienone is 2. The van der Waals surface area contributed by atoms with Gasteiger partial charge in [0.2, 0.25) is 0 Å². The molecule has 0 aliphatic heterocycles. The van der Waals surface area contributed by atoms with E-state index in [-0.39, 0.29) is 5.75 Å². The maximum atomic E-state index is 11.0. The number of phenols is 1. The number of hydrogen-bond acceptors (Lipinski definition) is 2. The van der Waals surface area contributed by atoms with Crippen LogP contribution in [-0.4, -0.2) is 11.4 Å². The van der Waals surface area contributed by atoms with E-state index in [1.807, 2.05) is 12.1 Å². The Labute approximate surface area is 148 Å². The highest BCUT2D eigenvalue weighted by molar-refractivity contribution is 5.81. The maximum absolute atomic E-state index is 11.0. The summed E-state index contributed by atoms with van der Waals surface area (Å²) >= 11 is 0. The summed E-state index contributed by atoms with van der Waals surface area (Å²) in [5, 5.41) is 9.66. The van der Waals surface area contributed by atoms with Crippen LogP contribution in [0.3, 0.4) is 0 Å². The van der Waals surface area contributed by atoms with E-state index in [1.165, 1.54) is 64.2 Å². The smallest absolute Gasteiger partial charge is 0.154 e. The Kier molecular flexibility index (Phi) is 11.8. The van der Waals surface area contributed by atoms with Crippen molar-refractivity contribution < 1.29 is 9.90 Å². The number of unbranched alkanes of at least 4 members (excludes halogenated alkanes) is 9. The monoisotopic (exact) mass is 330 g/mol. The fourth-order valence-corrected chi connectivity index (χ4v) is 2.99. The summed E-state index contributed by atoms with van der Waals surface area (Å²) < 4.78 is 0. The van der Waals surface area contributed by atoms with Crippen molar-refractivity contribution in [2.75, 3.05) is 0 Å². The van der Waals surface area contributed by atoms with E-state index in [2.05, 4.69) is 19.1 Å². The number of aromatic hydroxyl groups is 1. The van der Waals surface area contributed by atoms with Gasteiger partial charge in [0.25, 0.3) is 0 Å². The van der Waals surface area contributed by atoms with Crippen LogP contribution in [0.5, 0.6) is 5.75 Å². The summed E-state index contributed by atoms with van der Waals surface area (Å²) in [4.78, 5) is 11.0.